The number of fused-ring (bicyclic) bond motifs is 1. The van der Waals surface area contributed by atoms with Gasteiger partial charge in [0, 0.05) is 31.1 Å². The molecule has 4 aromatic rings. The Morgan fingerprint density at radius 1 is 1.00 bits per heavy atom. The number of carboxylic acids is 1. The molecule has 2 aromatic heterocycles. The number of ether oxygens (including phenoxy) is 1. The minimum absolute atomic E-state index is 0.200. The first kappa shape index (κ1) is 22.3. The second-order valence-electron chi connectivity index (χ2n) is 7.90. The van der Waals surface area contributed by atoms with E-state index in [0.717, 1.165) is 58.8 Å². The fraction of sp³-hybridized carbons (Fsp3) is 0.269. The van der Waals surface area contributed by atoms with Crippen molar-refractivity contribution in [1.29, 1.82) is 0 Å². The van der Waals surface area contributed by atoms with Crippen molar-refractivity contribution in [3.8, 4) is 28.2 Å². The molecule has 2 heterocycles. The first-order chi connectivity index (χ1) is 16.1. The number of nitrogens with zero attached hydrogens (tertiary/aromatic N) is 3. The molecule has 0 aliphatic rings. The van der Waals surface area contributed by atoms with E-state index in [2.05, 4.69) is 14.9 Å². The van der Waals surface area contributed by atoms with Gasteiger partial charge in [-0.15, -0.1) is 0 Å². The summed E-state index contributed by atoms with van der Waals surface area (Å²) < 4.78 is 11.6. The molecule has 0 aliphatic carbocycles. The van der Waals surface area contributed by atoms with Gasteiger partial charge in [-0.3, -0.25) is 4.79 Å². The van der Waals surface area contributed by atoms with E-state index in [-0.39, 0.29) is 6.42 Å². The zero-order valence-corrected chi connectivity index (χ0v) is 18.8. The van der Waals surface area contributed by atoms with Gasteiger partial charge in [-0.2, -0.15) is 0 Å². The van der Waals surface area contributed by atoms with Crippen molar-refractivity contribution in [2.45, 2.75) is 25.7 Å². The van der Waals surface area contributed by atoms with Crippen molar-refractivity contribution in [3.63, 3.8) is 0 Å². The monoisotopic (exact) mass is 445 g/mol. The predicted octanol–water partition coefficient (Wildman–Crippen LogP) is 5.65. The fourth-order valence-corrected chi connectivity index (χ4v) is 3.94. The number of carbonyl (C=O) groups is 1. The molecule has 0 radical (unpaired) electrons. The Kier molecular flexibility index (Phi) is 6.88. The minimum Gasteiger partial charge on any atom is -0.497 e. The van der Waals surface area contributed by atoms with Gasteiger partial charge in [-0.05, 0) is 30.5 Å². The van der Waals surface area contributed by atoms with Crippen LogP contribution in [0.5, 0.6) is 5.75 Å². The molecular formula is C26H27N3O4. The summed E-state index contributed by atoms with van der Waals surface area (Å²) in [5.41, 5.74) is 3.41. The molecular weight excluding hydrogens is 418 g/mol. The SMILES string of the molecule is COc1ccc(-c2c(-c3ccccc3)oc3ncnc(N(C)CCCCCC(=O)O)c23)cc1. The standard InChI is InChI=1S/C26H27N3O4/c1-29(16-8-4-7-11-21(30)31)25-23-22(18-12-14-20(32-2)15-13-18)24(19-9-5-3-6-10-19)33-26(23)28-17-27-25/h3,5-6,9-10,12-15,17H,4,7-8,11,16H2,1-2H3,(H,30,31). The molecule has 1 N–H and O–H groups in total. The van der Waals surface area contributed by atoms with Crippen molar-refractivity contribution < 1.29 is 19.1 Å². The first-order valence-corrected chi connectivity index (χ1v) is 11.0. The molecule has 0 aliphatic heterocycles. The zero-order chi connectivity index (χ0) is 23.2. The highest BCUT2D eigenvalue weighted by Gasteiger charge is 2.23. The lowest BCUT2D eigenvalue weighted by molar-refractivity contribution is -0.137. The van der Waals surface area contributed by atoms with E-state index < -0.39 is 5.97 Å². The summed E-state index contributed by atoms with van der Waals surface area (Å²) in [5.74, 6) is 1.56. The minimum atomic E-state index is -0.753. The maximum absolute atomic E-state index is 10.8. The van der Waals surface area contributed by atoms with Crippen LogP contribution in [-0.2, 0) is 4.79 Å². The lowest BCUT2D eigenvalue weighted by Gasteiger charge is -2.19. The fourth-order valence-electron chi connectivity index (χ4n) is 3.94. The van der Waals surface area contributed by atoms with Crippen LogP contribution in [0.1, 0.15) is 25.7 Å². The van der Waals surface area contributed by atoms with Crippen molar-refractivity contribution in [3.05, 3.63) is 60.9 Å². The number of benzene rings is 2. The lowest BCUT2D eigenvalue weighted by atomic mass is 9.99. The van der Waals surface area contributed by atoms with E-state index in [0.29, 0.717) is 12.1 Å². The Morgan fingerprint density at radius 3 is 2.45 bits per heavy atom. The summed E-state index contributed by atoms with van der Waals surface area (Å²) in [6, 6.07) is 17.9. The molecule has 0 saturated carbocycles. The van der Waals surface area contributed by atoms with Crippen LogP contribution in [0.3, 0.4) is 0 Å². The van der Waals surface area contributed by atoms with Gasteiger partial charge in [0.1, 0.15) is 23.7 Å². The van der Waals surface area contributed by atoms with Crippen molar-refractivity contribution in [2.75, 3.05) is 25.6 Å². The van der Waals surface area contributed by atoms with Gasteiger partial charge in [0.2, 0.25) is 5.71 Å². The van der Waals surface area contributed by atoms with Crippen LogP contribution < -0.4 is 9.64 Å². The highest BCUT2D eigenvalue weighted by atomic mass is 16.5. The molecule has 0 saturated heterocycles. The summed E-state index contributed by atoms with van der Waals surface area (Å²) in [6.45, 7) is 0.750. The highest BCUT2D eigenvalue weighted by molar-refractivity contribution is 6.06. The summed E-state index contributed by atoms with van der Waals surface area (Å²) >= 11 is 0. The molecule has 4 rings (SSSR count). The van der Waals surface area contributed by atoms with Crippen molar-refractivity contribution in [1.82, 2.24) is 9.97 Å². The second kappa shape index (κ2) is 10.2. The van der Waals surface area contributed by atoms with E-state index in [4.69, 9.17) is 14.3 Å². The van der Waals surface area contributed by atoms with Crippen LogP contribution in [0.4, 0.5) is 5.82 Å². The molecule has 0 bridgehead atoms. The average molecular weight is 446 g/mol. The number of rotatable bonds is 10. The zero-order valence-electron chi connectivity index (χ0n) is 18.8. The number of hydrogen-bond acceptors (Lipinski definition) is 6. The van der Waals surface area contributed by atoms with Gasteiger partial charge in [-0.1, -0.05) is 48.9 Å². The van der Waals surface area contributed by atoms with Crippen LogP contribution in [0.2, 0.25) is 0 Å². The van der Waals surface area contributed by atoms with Crippen LogP contribution in [0.15, 0.2) is 65.3 Å². The molecule has 7 nitrogen and oxygen atoms in total. The third-order valence-electron chi connectivity index (χ3n) is 5.63. The topological polar surface area (TPSA) is 88.7 Å². The molecule has 0 unspecified atom stereocenters. The number of hydrogen-bond donors (Lipinski definition) is 1. The second-order valence-corrected chi connectivity index (χ2v) is 7.90. The number of carboxylic acid groups (broad SMARTS) is 1. The number of unbranched alkanes of at least 4 members (excludes halogenated alkanes) is 2. The van der Waals surface area contributed by atoms with E-state index in [1.165, 1.54) is 6.33 Å². The van der Waals surface area contributed by atoms with Crippen LogP contribution >= 0.6 is 0 Å². The van der Waals surface area contributed by atoms with E-state index >= 15 is 0 Å². The first-order valence-electron chi connectivity index (χ1n) is 11.0. The van der Waals surface area contributed by atoms with Gasteiger partial charge >= 0.3 is 5.97 Å². The maximum atomic E-state index is 10.8. The molecule has 0 atom stereocenters. The van der Waals surface area contributed by atoms with E-state index in [9.17, 15) is 4.79 Å². The Morgan fingerprint density at radius 2 is 1.76 bits per heavy atom. The predicted molar refractivity (Wildman–Crippen MR) is 129 cm³/mol. The Balaban J connectivity index is 1.76. The summed E-state index contributed by atoms with van der Waals surface area (Å²) in [5, 5.41) is 9.70. The maximum Gasteiger partial charge on any atom is 0.303 e. The summed E-state index contributed by atoms with van der Waals surface area (Å²) in [4.78, 5) is 21.9. The summed E-state index contributed by atoms with van der Waals surface area (Å²) in [7, 11) is 3.64. The number of aliphatic carboxylic acids is 1. The molecule has 0 fully saturated rings. The van der Waals surface area contributed by atoms with Crippen molar-refractivity contribution in [2.24, 2.45) is 0 Å². The Bertz CT molecular complexity index is 1220. The number of anilines is 1. The Labute approximate surface area is 192 Å². The number of furan rings is 1. The molecule has 7 heteroatoms. The normalized spacial score (nSPS) is 11.0. The van der Waals surface area contributed by atoms with E-state index in [1.807, 2.05) is 61.6 Å². The van der Waals surface area contributed by atoms with Gasteiger partial charge in [-0.25, -0.2) is 9.97 Å². The van der Waals surface area contributed by atoms with Crippen LogP contribution in [0.25, 0.3) is 33.6 Å². The van der Waals surface area contributed by atoms with Gasteiger partial charge < -0.3 is 19.2 Å². The summed E-state index contributed by atoms with van der Waals surface area (Å²) in [6.07, 6.45) is 4.11. The van der Waals surface area contributed by atoms with Crippen LogP contribution in [-0.4, -0.2) is 41.7 Å². The molecule has 0 spiro atoms. The molecule has 33 heavy (non-hydrogen) atoms. The molecule has 2 aromatic carbocycles. The van der Waals surface area contributed by atoms with Gasteiger partial charge in [0.25, 0.3) is 0 Å². The lowest BCUT2D eigenvalue weighted by Crippen LogP contribution is -2.20. The highest BCUT2D eigenvalue weighted by Crippen LogP contribution is 2.43. The average Bonchev–Trinajstić information content (AvgIpc) is 3.24. The molecule has 0 amide bonds. The van der Waals surface area contributed by atoms with E-state index in [1.54, 1.807) is 7.11 Å². The molecule has 170 valence electrons. The smallest absolute Gasteiger partial charge is 0.303 e. The van der Waals surface area contributed by atoms with Gasteiger partial charge in [0.15, 0.2) is 0 Å². The van der Waals surface area contributed by atoms with Gasteiger partial charge in [0.05, 0.1) is 12.5 Å². The van der Waals surface area contributed by atoms with Crippen molar-refractivity contribution >= 4 is 22.9 Å². The third-order valence-corrected chi connectivity index (χ3v) is 5.63. The Hall–Kier alpha value is -3.87. The third kappa shape index (κ3) is 4.98. The number of methoxy groups -OCH3 is 1. The quantitative estimate of drug-likeness (QED) is 0.316. The number of aromatic nitrogens is 2. The largest absolute Gasteiger partial charge is 0.497 e. The van der Waals surface area contributed by atoms with Crippen LogP contribution in [0, 0.1) is 0 Å².